The number of likely N-dealkylation sites (tertiary alicyclic amines) is 1. The lowest BCUT2D eigenvalue weighted by molar-refractivity contribution is -0.129. The average Bonchev–Trinajstić information content (AvgIpc) is 3.14. The van der Waals surface area contributed by atoms with Crippen LogP contribution in [-0.2, 0) is 4.79 Å². The molecule has 0 unspecified atom stereocenters. The number of benzene rings is 1. The second-order valence-corrected chi connectivity index (χ2v) is 5.69. The van der Waals surface area contributed by atoms with Gasteiger partial charge in [0.1, 0.15) is 12.4 Å². The molecule has 1 heterocycles. The Bertz CT molecular complexity index is 513. The van der Waals surface area contributed by atoms with Crippen LogP contribution in [0.3, 0.4) is 0 Å². The zero-order valence-corrected chi connectivity index (χ0v) is 14.5. The lowest BCUT2D eigenvalue weighted by Gasteiger charge is -2.15. The van der Waals surface area contributed by atoms with Crippen LogP contribution in [0.4, 0.5) is 0 Å². The number of para-hydroxylation sites is 1. The molecule has 1 aromatic rings. The van der Waals surface area contributed by atoms with Crippen molar-refractivity contribution in [3.63, 3.8) is 0 Å². The fraction of sp³-hybridized carbons (Fsp3) is 0.556. The molecule has 2 N–H and O–H groups in total. The van der Waals surface area contributed by atoms with Gasteiger partial charge in [-0.15, -0.1) is 0 Å². The molecule has 1 fully saturated rings. The normalized spacial score (nSPS) is 14.5. The predicted molar refractivity (Wildman–Crippen MR) is 96.3 cm³/mol. The Kier molecular flexibility index (Phi) is 7.93. The van der Waals surface area contributed by atoms with E-state index >= 15 is 0 Å². The molecular formula is C18H28N4O2. The summed E-state index contributed by atoms with van der Waals surface area (Å²) in [5.41, 5.74) is 0. The highest BCUT2D eigenvalue weighted by Crippen LogP contribution is 2.09. The number of carbonyl (C=O) groups excluding carboxylic acids is 1. The largest absolute Gasteiger partial charge is 0.492 e. The standard InChI is InChI=1S/C18H28N4O2/c1-2-19-18(20-11-10-17(23)22-13-6-7-14-22)21-12-15-24-16-8-4-3-5-9-16/h3-5,8-9H,2,6-7,10-15H2,1H3,(H2,19,20,21). The number of hydrogen-bond donors (Lipinski definition) is 2. The van der Waals surface area contributed by atoms with Crippen LogP contribution < -0.4 is 15.4 Å². The highest BCUT2D eigenvalue weighted by atomic mass is 16.5. The van der Waals surface area contributed by atoms with Gasteiger partial charge in [-0.2, -0.15) is 0 Å². The molecule has 1 aliphatic rings. The van der Waals surface area contributed by atoms with Crippen molar-refractivity contribution in [2.24, 2.45) is 4.99 Å². The van der Waals surface area contributed by atoms with Gasteiger partial charge in [-0.25, -0.2) is 0 Å². The molecule has 0 bridgehead atoms. The third-order valence-electron chi connectivity index (χ3n) is 3.81. The number of guanidine groups is 1. The van der Waals surface area contributed by atoms with E-state index in [1.165, 1.54) is 0 Å². The van der Waals surface area contributed by atoms with Crippen LogP contribution in [0.15, 0.2) is 35.3 Å². The third-order valence-corrected chi connectivity index (χ3v) is 3.81. The van der Waals surface area contributed by atoms with Gasteiger partial charge in [0, 0.05) is 26.1 Å². The molecule has 24 heavy (non-hydrogen) atoms. The summed E-state index contributed by atoms with van der Waals surface area (Å²) >= 11 is 0. The summed E-state index contributed by atoms with van der Waals surface area (Å²) < 4.78 is 5.64. The van der Waals surface area contributed by atoms with Crippen LogP contribution in [0.5, 0.6) is 5.75 Å². The minimum absolute atomic E-state index is 0.208. The molecule has 132 valence electrons. The molecule has 0 aromatic heterocycles. The average molecular weight is 332 g/mol. The predicted octanol–water partition coefficient (Wildman–Crippen LogP) is 1.63. The van der Waals surface area contributed by atoms with E-state index in [9.17, 15) is 4.79 Å². The van der Waals surface area contributed by atoms with Crippen molar-refractivity contribution in [2.75, 3.05) is 39.3 Å². The molecule has 0 atom stereocenters. The molecular weight excluding hydrogens is 304 g/mol. The lowest BCUT2D eigenvalue weighted by Crippen LogP contribution is -2.39. The van der Waals surface area contributed by atoms with Gasteiger partial charge in [0.25, 0.3) is 0 Å². The molecule has 1 aromatic carbocycles. The van der Waals surface area contributed by atoms with E-state index in [0.717, 1.165) is 44.2 Å². The minimum Gasteiger partial charge on any atom is -0.492 e. The highest BCUT2D eigenvalue weighted by Gasteiger charge is 2.16. The first kappa shape index (κ1) is 18.1. The number of carbonyl (C=O) groups is 1. The summed E-state index contributed by atoms with van der Waals surface area (Å²) in [4.78, 5) is 18.4. The maximum absolute atomic E-state index is 12.0. The van der Waals surface area contributed by atoms with E-state index in [4.69, 9.17) is 4.74 Å². The monoisotopic (exact) mass is 332 g/mol. The summed E-state index contributed by atoms with van der Waals surface area (Å²) in [5.74, 6) is 1.79. The van der Waals surface area contributed by atoms with Crippen molar-refractivity contribution in [2.45, 2.75) is 26.2 Å². The summed E-state index contributed by atoms with van der Waals surface area (Å²) in [6.45, 7) is 6.32. The van der Waals surface area contributed by atoms with Crippen LogP contribution in [0.2, 0.25) is 0 Å². The second-order valence-electron chi connectivity index (χ2n) is 5.69. The Morgan fingerprint density at radius 2 is 1.96 bits per heavy atom. The molecule has 0 radical (unpaired) electrons. The maximum atomic E-state index is 12.0. The molecule has 6 nitrogen and oxygen atoms in total. The minimum atomic E-state index is 0.208. The van der Waals surface area contributed by atoms with Crippen molar-refractivity contribution in [3.8, 4) is 5.75 Å². The van der Waals surface area contributed by atoms with Gasteiger partial charge in [-0.05, 0) is 31.9 Å². The molecule has 0 saturated carbocycles. The number of nitrogens with zero attached hydrogens (tertiary/aromatic N) is 2. The van der Waals surface area contributed by atoms with Crippen molar-refractivity contribution in [3.05, 3.63) is 30.3 Å². The lowest BCUT2D eigenvalue weighted by atomic mass is 10.3. The molecule has 2 rings (SSSR count). The van der Waals surface area contributed by atoms with Gasteiger partial charge in [0.05, 0.1) is 13.1 Å². The van der Waals surface area contributed by atoms with Crippen LogP contribution >= 0.6 is 0 Å². The topological polar surface area (TPSA) is 66.0 Å². The molecule has 1 amide bonds. The number of hydrogen-bond acceptors (Lipinski definition) is 3. The molecule has 0 aliphatic carbocycles. The van der Waals surface area contributed by atoms with Gasteiger partial charge in [-0.3, -0.25) is 9.79 Å². The van der Waals surface area contributed by atoms with Gasteiger partial charge in [-0.1, -0.05) is 18.2 Å². The van der Waals surface area contributed by atoms with E-state index in [-0.39, 0.29) is 5.91 Å². The quantitative estimate of drug-likeness (QED) is 0.431. The Morgan fingerprint density at radius 1 is 1.21 bits per heavy atom. The summed E-state index contributed by atoms with van der Waals surface area (Å²) in [6, 6.07) is 9.73. The van der Waals surface area contributed by atoms with Crippen LogP contribution in [0.1, 0.15) is 26.2 Å². The number of rotatable bonds is 8. The van der Waals surface area contributed by atoms with E-state index < -0.39 is 0 Å². The van der Waals surface area contributed by atoms with E-state index in [1.54, 1.807) is 0 Å². The van der Waals surface area contributed by atoms with Crippen molar-refractivity contribution < 1.29 is 9.53 Å². The second kappa shape index (κ2) is 10.5. The summed E-state index contributed by atoms with van der Waals surface area (Å²) in [6.07, 6.45) is 2.72. The number of aliphatic imine (C=N–C) groups is 1. The number of ether oxygens (including phenoxy) is 1. The SMILES string of the molecule is CCNC(=NCCC(=O)N1CCCC1)NCCOc1ccccc1. The Labute approximate surface area is 144 Å². The van der Waals surface area contributed by atoms with Gasteiger partial charge < -0.3 is 20.3 Å². The zero-order chi connectivity index (χ0) is 17.0. The number of amides is 1. The maximum Gasteiger partial charge on any atom is 0.224 e. The smallest absolute Gasteiger partial charge is 0.224 e. The molecule has 6 heteroatoms. The van der Waals surface area contributed by atoms with E-state index in [2.05, 4.69) is 15.6 Å². The van der Waals surface area contributed by atoms with Crippen molar-refractivity contribution in [1.82, 2.24) is 15.5 Å². The van der Waals surface area contributed by atoms with E-state index in [0.29, 0.717) is 26.1 Å². The van der Waals surface area contributed by atoms with Gasteiger partial charge in [0.15, 0.2) is 5.96 Å². The third kappa shape index (κ3) is 6.48. The highest BCUT2D eigenvalue weighted by molar-refractivity contribution is 5.80. The first-order valence-corrected chi connectivity index (χ1v) is 8.77. The zero-order valence-electron chi connectivity index (χ0n) is 14.5. The number of nitrogens with one attached hydrogen (secondary N) is 2. The molecule has 1 aliphatic heterocycles. The van der Waals surface area contributed by atoms with Crippen LogP contribution in [-0.4, -0.2) is 56.1 Å². The first-order valence-electron chi connectivity index (χ1n) is 8.77. The van der Waals surface area contributed by atoms with Gasteiger partial charge >= 0.3 is 0 Å². The fourth-order valence-corrected chi connectivity index (χ4v) is 2.58. The first-order chi connectivity index (χ1) is 11.8. The van der Waals surface area contributed by atoms with Gasteiger partial charge in [0.2, 0.25) is 5.91 Å². The van der Waals surface area contributed by atoms with E-state index in [1.807, 2.05) is 42.2 Å². The Hall–Kier alpha value is -2.24. The van der Waals surface area contributed by atoms with Crippen molar-refractivity contribution >= 4 is 11.9 Å². The fourth-order valence-electron chi connectivity index (χ4n) is 2.58. The Balaban J connectivity index is 1.67. The Morgan fingerprint density at radius 3 is 2.67 bits per heavy atom. The molecule has 1 saturated heterocycles. The van der Waals surface area contributed by atoms with Crippen LogP contribution in [0.25, 0.3) is 0 Å². The van der Waals surface area contributed by atoms with Crippen molar-refractivity contribution in [1.29, 1.82) is 0 Å². The summed E-state index contributed by atoms with van der Waals surface area (Å²) in [5, 5.41) is 6.41. The van der Waals surface area contributed by atoms with Crippen LogP contribution in [0, 0.1) is 0 Å². The summed E-state index contributed by atoms with van der Waals surface area (Å²) in [7, 11) is 0. The molecule has 0 spiro atoms.